The van der Waals surface area contributed by atoms with E-state index in [4.69, 9.17) is 0 Å². The van der Waals surface area contributed by atoms with Crippen LogP contribution < -0.4 is 0 Å². The predicted molar refractivity (Wildman–Crippen MR) is 94.6 cm³/mol. The molecule has 4 aromatic rings. The predicted octanol–water partition coefficient (Wildman–Crippen LogP) is 3.88. The van der Waals surface area contributed by atoms with Gasteiger partial charge in [0.05, 0.1) is 5.39 Å². The van der Waals surface area contributed by atoms with E-state index in [9.17, 15) is 13.2 Å². The average Bonchev–Trinajstić information content (AvgIpc) is 3.26. The van der Waals surface area contributed by atoms with Crippen molar-refractivity contribution in [2.45, 2.75) is 32.4 Å². The number of hydrogen-bond donors (Lipinski definition) is 0. The molecule has 5 rings (SSSR count). The number of thiophene rings is 1. The molecule has 0 unspecified atom stereocenters. The molecule has 1 aliphatic carbocycles. The smallest absolute Gasteiger partial charge is 0.263 e. The maximum atomic E-state index is 13.1. The highest BCUT2D eigenvalue weighted by Gasteiger charge is 2.35. The summed E-state index contributed by atoms with van der Waals surface area (Å²) in [6.07, 6.45) is 0.181. The van der Waals surface area contributed by atoms with E-state index >= 15 is 0 Å². The second-order valence-corrected chi connectivity index (χ2v) is 8.10. The van der Waals surface area contributed by atoms with E-state index in [0.29, 0.717) is 11.6 Å². The minimum atomic E-state index is -4.48. The number of fused-ring (bicyclic) bond motifs is 5. The van der Waals surface area contributed by atoms with E-state index in [1.54, 1.807) is 17.7 Å². The lowest BCUT2D eigenvalue weighted by atomic mass is 9.89. The molecule has 0 aliphatic heterocycles. The third-order valence-corrected chi connectivity index (χ3v) is 6.19. The largest absolute Gasteiger partial charge is 0.433 e. The van der Waals surface area contributed by atoms with Crippen molar-refractivity contribution < 1.29 is 13.2 Å². The lowest BCUT2D eigenvalue weighted by Crippen LogP contribution is -2.11. The molecule has 0 fully saturated rings. The quantitative estimate of drug-likeness (QED) is 0.493. The normalized spacial score (nSPS) is 17.7. The van der Waals surface area contributed by atoms with Gasteiger partial charge < -0.3 is 0 Å². The summed E-state index contributed by atoms with van der Waals surface area (Å²) in [4.78, 5) is 11.2. The first-order chi connectivity index (χ1) is 12.8. The Labute approximate surface area is 155 Å². The Bertz CT molecular complexity index is 1190. The van der Waals surface area contributed by atoms with Crippen LogP contribution in [-0.2, 0) is 26.1 Å². The second kappa shape index (κ2) is 5.51. The van der Waals surface area contributed by atoms with Crippen LogP contribution in [0.1, 0.15) is 29.5 Å². The Morgan fingerprint density at radius 2 is 2.07 bits per heavy atom. The van der Waals surface area contributed by atoms with E-state index in [1.807, 2.05) is 0 Å². The van der Waals surface area contributed by atoms with Gasteiger partial charge in [-0.1, -0.05) is 6.92 Å². The SMILES string of the molecule is C[C@H]1CCc2c(sc3ncn4nc(-c5cc(C(F)(F)F)n(C)n5)nc4c23)C1. The van der Waals surface area contributed by atoms with Crippen LogP contribution in [-0.4, -0.2) is 29.4 Å². The number of hydrogen-bond acceptors (Lipinski definition) is 5. The van der Waals surface area contributed by atoms with Crippen LogP contribution in [0.5, 0.6) is 0 Å². The number of halogens is 3. The summed E-state index contributed by atoms with van der Waals surface area (Å²) in [6, 6.07) is 0.976. The molecule has 0 amide bonds. The van der Waals surface area contributed by atoms with Crippen molar-refractivity contribution in [3.8, 4) is 11.5 Å². The molecular weight excluding hydrogens is 377 g/mol. The summed E-state index contributed by atoms with van der Waals surface area (Å²) in [7, 11) is 1.26. The molecular formula is C17H15F3N6S. The minimum Gasteiger partial charge on any atom is -0.263 e. The highest BCUT2D eigenvalue weighted by Crippen LogP contribution is 2.39. The Hall–Kier alpha value is -2.49. The van der Waals surface area contributed by atoms with Gasteiger partial charge in [-0.25, -0.2) is 14.5 Å². The summed E-state index contributed by atoms with van der Waals surface area (Å²) in [5.74, 6) is 0.809. The van der Waals surface area contributed by atoms with Crippen LogP contribution in [0.2, 0.25) is 0 Å². The number of nitrogens with zero attached hydrogens (tertiary/aromatic N) is 6. The van der Waals surface area contributed by atoms with Crippen molar-refractivity contribution in [1.29, 1.82) is 0 Å². The summed E-state index contributed by atoms with van der Waals surface area (Å²) in [5, 5.41) is 9.23. The molecule has 0 bridgehead atoms. The third-order valence-electron chi connectivity index (χ3n) is 5.03. The summed E-state index contributed by atoms with van der Waals surface area (Å²) in [5.41, 5.74) is 1.14. The molecule has 27 heavy (non-hydrogen) atoms. The molecule has 6 nitrogen and oxygen atoms in total. The molecule has 0 saturated carbocycles. The van der Waals surface area contributed by atoms with Crippen molar-refractivity contribution >= 4 is 27.2 Å². The fourth-order valence-electron chi connectivity index (χ4n) is 3.69. The number of alkyl halides is 3. The van der Waals surface area contributed by atoms with E-state index in [2.05, 4.69) is 27.1 Å². The molecule has 0 aromatic carbocycles. The molecule has 1 atom stereocenters. The lowest BCUT2D eigenvalue weighted by Gasteiger charge is -2.17. The zero-order chi connectivity index (χ0) is 18.9. The minimum absolute atomic E-state index is 0.0967. The van der Waals surface area contributed by atoms with Crippen molar-refractivity contribution in [2.24, 2.45) is 13.0 Å². The van der Waals surface area contributed by atoms with Gasteiger partial charge >= 0.3 is 6.18 Å². The monoisotopic (exact) mass is 392 g/mol. The Kier molecular flexibility index (Phi) is 3.40. The van der Waals surface area contributed by atoms with E-state index in [0.717, 1.165) is 40.2 Å². The molecule has 0 saturated heterocycles. The highest BCUT2D eigenvalue weighted by molar-refractivity contribution is 7.19. The van der Waals surface area contributed by atoms with Gasteiger partial charge in [0, 0.05) is 11.9 Å². The molecule has 4 aromatic heterocycles. The maximum absolute atomic E-state index is 13.1. The van der Waals surface area contributed by atoms with Crippen molar-refractivity contribution in [3.63, 3.8) is 0 Å². The van der Waals surface area contributed by atoms with E-state index < -0.39 is 11.9 Å². The number of aryl methyl sites for hydroxylation is 2. The van der Waals surface area contributed by atoms with Crippen LogP contribution in [0.3, 0.4) is 0 Å². The molecule has 0 spiro atoms. The molecule has 0 N–H and O–H groups in total. The van der Waals surface area contributed by atoms with Gasteiger partial charge in [0.2, 0.25) is 5.82 Å². The summed E-state index contributed by atoms with van der Waals surface area (Å²) >= 11 is 1.67. The average molecular weight is 392 g/mol. The first-order valence-electron chi connectivity index (χ1n) is 8.58. The van der Waals surface area contributed by atoms with E-state index in [1.165, 1.54) is 22.0 Å². The number of aromatic nitrogens is 6. The van der Waals surface area contributed by atoms with Gasteiger partial charge in [-0.15, -0.1) is 16.4 Å². The van der Waals surface area contributed by atoms with Crippen molar-refractivity contribution in [2.75, 3.05) is 0 Å². The van der Waals surface area contributed by atoms with Gasteiger partial charge in [0.15, 0.2) is 5.65 Å². The van der Waals surface area contributed by atoms with Gasteiger partial charge in [-0.3, -0.25) is 4.68 Å². The maximum Gasteiger partial charge on any atom is 0.433 e. The van der Waals surface area contributed by atoms with Gasteiger partial charge in [-0.2, -0.15) is 18.3 Å². The molecule has 10 heteroatoms. The Morgan fingerprint density at radius 1 is 1.26 bits per heavy atom. The third kappa shape index (κ3) is 2.53. The van der Waals surface area contributed by atoms with Crippen molar-refractivity contribution in [1.82, 2.24) is 29.4 Å². The Balaban J connectivity index is 1.69. The fourth-order valence-corrected chi connectivity index (χ4v) is 5.03. The van der Waals surface area contributed by atoms with Gasteiger partial charge in [0.1, 0.15) is 22.5 Å². The standard InChI is InChI=1S/C17H15F3N6S/c1-8-3-4-9-11(5-8)27-16-13(9)15-22-14(24-26(15)7-21-16)10-6-12(17(18,19)20)25(2)23-10/h6-8H,3-5H2,1-2H3/t8-/m0/s1. The number of rotatable bonds is 1. The van der Waals surface area contributed by atoms with Crippen molar-refractivity contribution in [3.05, 3.63) is 28.5 Å². The van der Waals surface area contributed by atoms with Crippen LogP contribution in [0.25, 0.3) is 27.4 Å². The second-order valence-electron chi connectivity index (χ2n) is 7.02. The Morgan fingerprint density at radius 3 is 2.81 bits per heavy atom. The zero-order valence-corrected chi connectivity index (χ0v) is 15.4. The summed E-state index contributed by atoms with van der Waals surface area (Å²) < 4.78 is 41.5. The molecule has 0 radical (unpaired) electrons. The molecule has 140 valence electrons. The van der Waals surface area contributed by atoms with Gasteiger partial charge in [0.25, 0.3) is 0 Å². The topological polar surface area (TPSA) is 60.9 Å². The highest BCUT2D eigenvalue weighted by atomic mass is 32.1. The zero-order valence-electron chi connectivity index (χ0n) is 14.6. The van der Waals surface area contributed by atoms with Gasteiger partial charge in [-0.05, 0) is 36.8 Å². The first-order valence-corrected chi connectivity index (χ1v) is 9.40. The van der Waals surface area contributed by atoms with Crippen LogP contribution in [0.4, 0.5) is 13.2 Å². The molecule has 4 heterocycles. The fraction of sp³-hybridized carbons (Fsp3) is 0.412. The first kappa shape index (κ1) is 16.7. The van der Waals surface area contributed by atoms with Crippen LogP contribution in [0.15, 0.2) is 12.4 Å². The summed E-state index contributed by atoms with van der Waals surface area (Å²) in [6.45, 7) is 2.24. The molecule has 1 aliphatic rings. The van der Waals surface area contributed by atoms with E-state index in [-0.39, 0.29) is 11.5 Å². The van der Waals surface area contributed by atoms with Crippen LogP contribution in [0, 0.1) is 5.92 Å². The van der Waals surface area contributed by atoms with Crippen LogP contribution >= 0.6 is 11.3 Å². The lowest BCUT2D eigenvalue weighted by molar-refractivity contribution is -0.143.